The maximum Gasteiger partial charge on any atom is 0.255 e. The van der Waals surface area contributed by atoms with Crippen LogP contribution in [0.25, 0.3) is 0 Å². The Morgan fingerprint density at radius 2 is 2.12 bits per heavy atom. The highest BCUT2D eigenvalue weighted by atomic mass is 16.5. The van der Waals surface area contributed by atoms with Crippen molar-refractivity contribution >= 4 is 11.7 Å². The number of amides is 1. The van der Waals surface area contributed by atoms with Gasteiger partial charge in [-0.3, -0.25) is 9.48 Å². The Balaban J connectivity index is 1.32. The molecule has 0 radical (unpaired) electrons. The number of hydrogen-bond acceptors (Lipinski definition) is 5. The molecule has 4 rings (SSSR count). The number of nitrogens with zero attached hydrogens (tertiary/aromatic N) is 4. The zero-order chi connectivity index (χ0) is 17.1. The van der Waals surface area contributed by atoms with E-state index in [9.17, 15) is 4.79 Å². The van der Waals surface area contributed by atoms with Crippen molar-refractivity contribution < 1.29 is 9.53 Å². The molecule has 0 spiro atoms. The predicted octanol–water partition coefficient (Wildman–Crippen LogP) is 1.64. The van der Waals surface area contributed by atoms with Gasteiger partial charge in [0.1, 0.15) is 5.82 Å². The molecule has 0 atom stereocenters. The summed E-state index contributed by atoms with van der Waals surface area (Å²) in [6.45, 7) is 4.31. The van der Waals surface area contributed by atoms with Crippen molar-refractivity contribution in [3.05, 3.63) is 42.4 Å². The summed E-state index contributed by atoms with van der Waals surface area (Å²) in [5.41, 5.74) is 0.904. The summed E-state index contributed by atoms with van der Waals surface area (Å²) >= 11 is 0. The summed E-state index contributed by atoms with van der Waals surface area (Å²) in [6.07, 6.45) is 7.88. The lowest BCUT2D eigenvalue weighted by Gasteiger charge is -2.26. The molecule has 1 saturated heterocycles. The summed E-state index contributed by atoms with van der Waals surface area (Å²) in [6, 6.07) is 5.69. The maximum absolute atomic E-state index is 12.4. The van der Waals surface area contributed by atoms with Gasteiger partial charge >= 0.3 is 0 Å². The Morgan fingerprint density at radius 1 is 1.28 bits per heavy atom. The van der Waals surface area contributed by atoms with E-state index in [0.717, 1.165) is 18.9 Å². The van der Waals surface area contributed by atoms with Crippen molar-refractivity contribution in [2.24, 2.45) is 5.41 Å². The minimum Gasteiger partial charge on any atom is -0.378 e. The summed E-state index contributed by atoms with van der Waals surface area (Å²) in [4.78, 5) is 18.6. The Hall–Kier alpha value is -2.41. The Bertz CT molecular complexity index is 704. The quantitative estimate of drug-likeness (QED) is 0.865. The van der Waals surface area contributed by atoms with E-state index < -0.39 is 0 Å². The number of carbonyl (C=O) groups excluding carboxylic acids is 1. The van der Waals surface area contributed by atoms with Gasteiger partial charge in [0.2, 0.25) is 0 Å². The maximum atomic E-state index is 12.4. The van der Waals surface area contributed by atoms with Gasteiger partial charge in [0, 0.05) is 50.2 Å². The van der Waals surface area contributed by atoms with E-state index in [2.05, 4.69) is 15.4 Å². The number of rotatable bonds is 6. The molecule has 25 heavy (non-hydrogen) atoms. The smallest absolute Gasteiger partial charge is 0.255 e. The van der Waals surface area contributed by atoms with Crippen LogP contribution >= 0.6 is 0 Å². The topological polar surface area (TPSA) is 72.3 Å². The molecule has 7 nitrogen and oxygen atoms in total. The molecule has 2 aromatic heterocycles. The number of anilines is 1. The standard InChI is InChI=1S/C18H23N5O2/c24-17(22-8-10-25-11-9-22)15-2-3-16(19-12-15)20-13-18(4-5-18)14-23-7-1-6-21-23/h1-3,6-7,12H,4-5,8-11,13-14H2,(H,19,20). The van der Waals surface area contributed by atoms with E-state index >= 15 is 0 Å². The predicted molar refractivity (Wildman–Crippen MR) is 93.3 cm³/mol. The first-order valence-corrected chi connectivity index (χ1v) is 8.79. The van der Waals surface area contributed by atoms with Crippen LogP contribution < -0.4 is 5.32 Å². The molecule has 0 unspecified atom stereocenters. The first-order valence-electron chi connectivity index (χ1n) is 8.79. The van der Waals surface area contributed by atoms with Gasteiger partial charge in [-0.25, -0.2) is 4.98 Å². The molecular formula is C18H23N5O2. The summed E-state index contributed by atoms with van der Waals surface area (Å²) in [5, 5.41) is 7.70. The average molecular weight is 341 g/mol. The molecule has 7 heteroatoms. The molecule has 132 valence electrons. The van der Waals surface area contributed by atoms with Crippen molar-refractivity contribution in [1.82, 2.24) is 19.7 Å². The average Bonchev–Trinajstić information content (AvgIpc) is 3.24. The third-order valence-corrected chi connectivity index (χ3v) is 4.97. The zero-order valence-electron chi connectivity index (χ0n) is 14.2. The van der Waals surface area contributed by atoms with Crippen LogP contribution in [0.5, 0.6) is 0 Å². The van der Waals surface area contributed by atoms with Crippen LogP contribution in [0.4, 0.5) is 5.82 Å². The minimum absolute atomic E-state index is 0.0275. The van der Waals surface area contributed by atoms with Gasteiger partial charge in [0.25, 0.3) is 5.91 Å². The first-order chi connectivity index (χ1) is 12.2. The van der Waals surface area contributed by atoms with E-state index in [0.29, 0.717) is 31.9 Å². The lowest BCUT2D eigenvalue weighted by molar-refractivity contribution is 0.0302. The third-order valence-electron chi connectivity index (χ3n) is 4.97. The summed E-state index contributed by atoms with van der Waals surface area (Å²) < 4.78 is 7.28. The number of pyridine rings is 1. The SMILES string of the molecule is O=C(c1ccc(NCC2(Cn3cccn3)CC2)nc1)N1CCOCC1. The van der Waals surface area contributed by atoms with Crippen molar-refractivity contribution in [3.8, 4) is 0 Å². The number of ether oxygens (including phenoxy) is 1. The van der Waals surface area contributed by atoms with Gasteiger partial charge in [0.15, 0.2) is 0 Å². The molecule has 3 heterocycles. The number of aromatic nitrogens is 3. The van der Waals surface area contributed by atoms with Gasteiger partial charge in [-0.05, 0) is 31.0 Å². The van der Waals surface area contributed by atoms with Crippen molar-refractivity contribution in [3.63, 3.8) is 0 Å². The molecule has 1 aliphatic heterocycles. The van der Waals surface area contributed by atoms with Crippen molar-refractivity contribution in [2.75, 3.05) is 38.2 Å². The van der Waals surface area contributed by atoms with Crippen molar-refractivity contribution in [2.45, 2.75) is 19.4 Å². The Morgan fingerprint density at radius 3 is 2.76 bits per heavy atom. The summed E-state index contributed by atoms with van der Waals surface area (Å²) in [7, 11) is 0. The van der Waals surface area contributed by atoms with Crippen molar-refractivity contribution in [1.29, 1.82) is 0 Å². The second kappa shape index (κ2) is 6.84. The second-order valence-electron chi connectivity index (χ2n) is 6.89. The molecule has 2 aromatic rings. The molecule has 2 fully saturated rings. The Kier molecular flexibility index (Phi) is 4.40. The van der Waals surface area contributed by atoms with E-state index in [1.807, 2.05) is 40.2 Å². The minimum atomic E-state index is 0.0275. The number of nitrogens with one attached hydrogen (secondary N) is 1. The normalized spacial score (nSPS) is 18.8. The number of hydrogen-bond donors (Lipinski definition) is 1. The summed E-state index contributed by atoms with van der Waals surface area (Å²) in [5.74, 6) is 0.838. The highest BCUT2D eigenvalue weighted by Gasteiger charge is 2.43. The van der Waals surface area contributed by atoms with Gasteiger partial charge in [0.05, 0.1) is 18.8 Å². The molecule has 1 amide bonds. The lowest BCUT2D eigenvalue weighted by atomic mass is 10.1. The van der Waals surface area contributed by atoms with Gasteiger partial charge in [-0.15, -0.1) is 0 Å². The number of morpholine rings is 1. The van der Waals surface area contributed by atoms with Gasteiger partial charge < -0.3 is 15.0 Å². The van der Waals surface area contributed by atoms with E-state index in [1.165, 1.54) is 12.8 Å². The highest BCUT2D eigenvalue weighted by molar-refractivity contribution is 5.94. The Labute approximate surface area is 147 Å². The molecule has 0 aromatic carbocycles. The van der Waals surface area contributed by atoms with E-state index in [4.69, 9.17) is 4.74 Å². The fourth-order valence-corrected chi connectivity index (χ4v) is 3.16. The first kappa shape index (κ1) is 16.1. The molecular weight excluding hydrogens is 318 g/mol. The second-order valence-corrected chi connectivity index (χ2v) is 6.89. The third kappa shape index (κ3) is 3.82. The highest BCUT2D eigenvalue weighted by Crippen LogP contribution is 2.46. The van der Waals surface area contributed by atoms with Crippen LogP contribution in [-0.2, 0) is 11.3 Å². The largest absolute Gasteiger partial charge is 0.378 e. The molecule has 1 aliphatic carbocycles. The van der Waals surface area contributed by atoms with Crippen LogP contribution in [0.2, 0.25) is 0 Å². The molecule has 0 bridgehead atoms. The van der Waals surface area contributed by atoms with E-state index in [-0.39, 0.29) is 11.3 Å². The molecule has 2 aliphatic rings. The van der Waals surface area contributed by atoms with Crippen LogP contribution in [0.1, 0.15) is 23.2 Å². The van der Waals surface area contributed by atoms with Crippen LogP contribution in [0, 0.1) is 5.41 Å². The molecule has 1 N–H and O–H groups in total. The fourth-order valence-electron chi connectivity index (χ4n) is 3.16. The number of carbonyl (C=O) groups is 1. The lowest BCUT2D eigenvalue weighted by Crippen LogP contribution is -2.40. The monoisotopic (exact) mass is 341 g/mol. The fraction of sp³-hybridized carbons (Fsp3) is 0.500. The van der Waals surface area contributed by atoms with Crippen LogP contribution in [-0.4, -0.2) is 58.4 Å². The van der Waals surface area contributed by atoms with Gasteiger partial charge in [-0.2, -0.15) is 5.10 Å². The zero-order valence-corrected chi connectivity index (χ0v) is 14.2. The van der Waals surface area contributed by atoms with Gasteiger partial charge in [-0.1, -0.05) is 0 Å². The van der Waals surface area contributed by atoms with Crippen LogP contribution in [0.3, 0.4) is 0 Å². The molecule has 1 saturated carbocycles. The van der Waals surface area contributed by atoms with Crippen LogP contribution in [0.15, 0.2) is 36.8 Å². The van der Waals surface area contributed by atoms with E-state index in [1.54, 1.807) is 6.20 Å².